The average Bonchev–Trinajstić information content (AvgIpc) is 3.03. The summed E-state index contributed by atoms with van der Waals surface area (Å²) in [6.45, 7) is 12.0. The van der Waals surface area contributed by atoms with E-state index in [0.29, 0.717) is 11.6 Å². The van der Waals surface area contributed by atoms with E-state index in [1.54, 1.807) is 17.5 Å². The van der Waals surface area contributed by atoms with Gasteiger partial charge in [-0.3, -0.25) is 0 Å². The van der Waals surface area contributed by atoms with Gasteiger partial charge in [0.2, 0.25) is 0 Å². The summed E-state index contributed by atoms with van der Waals surface area (Å²) in [7, 11) is -0.502. The van der Waals surface area contributed by atoms with Crippen molar-refractivity contribution in [2.45, 2.75) is 58.8 Å². The van der Waals surface area contributed by atoms with Crippen molar-refractivity contribution in [2.24, 2.45) is 0 Å². The SMILES string of the molecule is Cc1cnc(C(C)Oc2cc(B3OC(C)(C)C(C)(C)O3)cnc2N)s1. The molecule has 3 heterocycles. The zero-order valence-electron chi connectivity index (χ0n) is 15.5. The Morgan fingerprint density at radius 2 is 1.80 bits per heavy atom. The first-order valence-corrected chi connectivity index (χ1v) is 9.11. The smallest absolute Gasteiger partial charge is 0.480 e. The predicted octanol–water partition coefficient (Wildman–Crippen LogP) is 2.87. The fraction of sp³-hybridized carbons (Fsp3) is 0.529. The van der Waals surface area contributed by atoms with E-state index >= 15 is 0 Å². The fourth-order valence-electron chi connectivity index (χ4n) is 2.47. The van der Waals surface area contributed by atoms with Crippen LogP contribution in [-0.2, 0) is 9.31 Å². The summed E-state index contributed by atoms with van der Waals surface area (Å²) in [5.74, 6) is 0.841. The highest BCUT2D eigenvalue weighted by atomic mass is 32.1. The third-order valence-electron chi connectivity index (χ3n) is 4.72. The summed E-state index contributed by atoms with van der Waals surface area (Å²) in [4.78, 5) is 9.75. The molecule has 134 valence electrons. The Morgan fingerprint density at radius 1 is 1.16 bits per heavy atom. The molecule has 1 aliphatic heterocycles. The van der Waals surface area contributed by atoms with Crippen LogP contribution in [0, 0.1) is 6.92 Å². The Balaban J connectivity index is 1.82. The maximum absolute atomic E-state index is 6.07. The van der Waals surface area contributed by atoms with Gasteiger partial charge in [0.1, 0.15) is 11.1 Å². The van der Waals surface area contributed by atoms with Gasteiger partial charge >= 0.3 is 7.12 Å². The molecule has 8 heteroatoms. The van der Waals surface area contributed by atoms with Crippen LogP contribution >= 0.6 is 11.3 Å². The van der Waals surface area contributed by atoms with Gasteiger partial charge in [-0.15, -0.1) is 11.3 Å². The van der Waals surface area contributed by atoms with Crippen LogP contribution in [0.2, 0.25) is 0 Å². The first-order valence-electron chi connectivity index (χ1n) is 8.29. The molecule has 0 bridgehead atoms. The predicted molar refractivity (Wildman–Crippen MR) is 100 cm³/mol. The molecule has 2 aromatic rings. The van der Waals surface area contributed by atoms with Gasteiger partial charge in [-0.1, -0.05) is 0 Å². The molecular formula is C17H24BN3O3S. The highest BCUT2D eigenvalue weighted by Gasteiger charge is 2.52. The molecular weight excluding hydrogens is 337 g/mol. The number of aromatic nitrogens is 2. The molecule has 1 atom stereocenters. The van der Waals surface area contributed by atoms with Crippen LogP contribution in [0.5, 0.6) is 5.75 Å². The standard InChI is InChI=1S/C17H24BN3O3S/c1-10-8-21-15(25-10)11(2)22-13-7-12(9-20-14(13)19)18-23-16(3,4)17(5,6)24-18/h7-9,11H,1-6H3,(H2,19,20). The maximum Gasteiger partial charge on any atom is 0.496 e. The monoisotopic (exact) mass is 361 g/mol. The van der Waals surface area contributed by atoms with Crippen molar-refractivity contribution >= 4 is 29.7 Å². The molecule has 1 unspecified atom stereocenters. The molecule has 6 nitrogen and oxygen atoms in total. The second-order valence-corrected chi connectivity index (χ2v) is 8.58. The first-order chi connectivity index (χ1) is 11.6. The van der Waals surface area contributed by atoms with Crippen LogP contribution in [0.3, 0.4) is 0 Å². The number of pyridine rings is 1. The third-order valence-corrected chi connectivity index (χ3v) is 5.79. The molecule has 2 aromatic heterocycles. The van der Waals surface area contributed by atoms with Crippen LogP contribution in [-0.4, -0.2) is 28.3 Å². The van der Waals surface area contributed by atoms with E-state index < -0.39 is 18.3 Å². The Kier molecular flexibility index (Phi) is 4.55. The number of hydrogen-bond donors (Lipinski definition) is 1. The van der Waals surface area contributed by atoms with Gasteiger partial charge in [0.05, 0.1) is 11.2 Å². The molecule has 1 fully saturated rings. The van der Waals surface area contributed by atoms with Gasteiger partial charge in [0.15, 0.2) is 11.6 Å². The lowest BCUT2D eigenvalue weighted by atomic mass is 9.80. The molecule has 0 saturated carbocycles. The normalized spacial score (nSPS) is 19.8. The van der Waals surface area contributed by atoms with Gasteiger partial charge in [-0.2, -0.15) is 0 Å². The van der Waals surface area contributed by atoms with Gasteiger partial charge < -0.3 is 19.8 Å². The number of anilines is 1. The minimum absolute atomic E-state index is 0.212. The Bertz CT molecular complexity index is 762. The summed E-state index contributed by atoms with van der Waals surface area (Å²) >= 11 is 1.60. The molecule has 0 spiro atoms. The summed E-state index contributed by atoms with van der Waals surface area (Å²) < 4.78 is 18.1. The Labute approximate surface area is 152 Å². The highest BCUT2D eigenvalue weighted by Crippen LogP contribution is 2.37. The number of hydrogen-bond acceptors (Lipinski definition) is 7. The maximum atomic E-state index is 6.07. The average molecular weight is 361 g/mol. The van der Waals surface area contributed by atoms with Crippen LogP contribution in [0.15, 0.2) is 18.5 Å². The van der Waals surface area contributed by atoms with E-state index in [1.807, 2.05) is 53.8 Å². The zero-order valence-corrected chi connectivity index (χ0v) is 16.3. The number of nitrogen functional groups attached to an aromatic ring is 1. The zero-order chi connectivity index (χ0) is 18.4. The summed E-state index contributed by atoms with van der Waals surface area (Å²) in [5, 5.41) is 0.901. The van der Waals surface area contributed by atoms with Crippen molar-refractivity contribution in [1.82, 2.24) is 9.97 Å². The lowest BCUT2D eigenvalue weighted by molar-refractivity contribution is 0.00578. The lowest BCUT2D eigenvalue weighted by Gasteiger charge is -2.32. The van der Waals surface area contributed by atoms with E-state index in [1.165, 1.54) is 0 Å². The third kappa shape index (κ3) is 3.52. The fourth-order valence-corrected chi connectivity index (χ4v) is 3.23. The Hall–Kier alpha value is -1.64. The number of rotatable bonds is 4. The number of nitrogens with two attached hydrogens (primary N) is 1. The van der Waals surface area contributed by atoms with Crippen molar-refractivity contribution in [3.63, 3.8) is 0 Å². The molecule has 1 aliphatic rings. The number of ether oxygens (including phenoxy) is 1. The van der Waals surface area contributed by atoms with Crippen molar-refractivity contribution in [3.05, 3.63) is 28.3 Å². The van der Waals surface area contributed by atoms with E-state index in [4.69, 9.17) is 19.8 Å². The minimum Gasteiger partial charge on any atom is -0.480 e. The summed E-state index contributed by atoms with van der Waals surface area (Å²) in [6, 6.07) is 1.83. The van der Waals surface area contributed by atoms with E-state index in [9.17, 15) is 0 Å². The number of thiazole rings is 1. The van der Waals surface area contributed by atoms with Crippen LogP contribution in [0.4, 0.5) is 5.82 Å². The van der Waals surface area contributed by atoms with Crippen LogP contribution in [0.25, 0.3) is 0 Å². The van der Waals surface area contributed by atoms with Crippen LogP contribution in [0.1, 0.15) is 50.6 Å². The molecule has 25 heavy (non-hydrogen) atoms. The molecule has 3 rings (SSSR count). The molecule has 1 saturated heterocycles. The molecule has 0 aliphatic carbocycles. The van der Waals surface area contributed by atoms with E-state index in [0.717, 1.165) is 15.3 Å². The lowest BCUT2D eigenvalue weighted by Crippen LogP contribution is -2.41. The van der Waals surface area contributed by atoms with Crippen molar-refractivity contribution in [2.75, 3.05) is 5.73 Å². The Morgan fingerprint density at radius 3 is 2.36 bits per heavy atom. The summed E-state index contributed by atoms with van der Waals surface area (Å²) in [6.07, 6.45) is 3.29. The van der Waals surface area contributed by atoms with Gasteiger partial charge in [0.25, 0.3) is 0 Å². The van der Waals surface area contributed by atoms with E-state index in [-0.39, 0.29) is 6.10 Å². The minimum atomic E-state index is -0.502. The van der Waals surface area contributed by atoms with Gasteiger partial charge in [-0.25, -0.2) is 9.97 Å². The first kappa shape index (κ1) is 18.2. The second kappa shape index (κ2) is 6.27. The highest BCUT2D eigenvalue weighted by molar-refractivity contribution is 7.11. The van der Waals surface area contributed by atoms with E-state index in [2.05, 4.69) is 9.97 Å². The molecule has 0 amide bonds. The largest absolute Gasteiger partial charge is 0.496 e. The van der Waals surface area contributed by atoms with Crippen molar-refractivity contribution < 1.29 is 14.0 Å². The molecule has 0 aromatic carbocycles. The molecule has 2 N–H and O–H groups in total. The van der Waals surface area contributed by atoms with Gasteiger partial charge in [-0.05, 0) is 47.6 Å². The number of aryl methyl sites for hydroxylation is 1. The quantitative estimate of drug-likeness (QED) is 0.844. The molecule has 0 radical (unpaired) electrons. The second-order valence-electron chi connectivity index (χ2n) is 7.31. The summed E-state index contributed by atoms with van der Waals surface area (Å²) in [5.41, 5.74) is 5.95. The van der Waals surface area contributed by atoms with Crippen LogP contribution < -0.4 is 15.9 Å². The number of nitrogens with zero attached hydrogens (tertiary/aromatic N) is 2. The van der Waals surface area contributed by atoms with Gasteiger partial charge in [0, 0.05) is 22.7 Å². The van der Waals surface area contributed by atoms with Crippen molar-refractivity contribution in [1.29, 1.82) is 0 Å². The van der Waals surface area contributed by atoms with Crippen molar-refractivity contribution in [3.8, 4) is 5.75 Å². The topological polar surface area (TPSA) is 79.5 Å².